The summed E-state index contributed by atoms with van der Waals surface area (Å²) in [5.74, 6) is 0. The van der Waals surface area contributed by atoms with E-state index in [-0.39, 0.29) is 18.0 Å². The maximum Gasteiger partial charge on any atom is 0.243 e. The van der Waals surface area contributed by atoms with Crippen molar-refractivity contribution < 1.29 is 8.42 Å². The smallest absolute Gasteiger partial charge is 0.207 e. The first-order valence-corrected chi connectivity index (χ1v) is 10.2. The number of thiocarbonyl (C=S) groups is 1. The van der Waals surface area contributed by atoms with Crippen LogP contribution in [0.25, 0.3) is 0 Å². The van der Waals surface area contributed by atoms with E-state index in [4.69, 9.17) is 0 Å². The van der Waals surface area contributed by atoms with Gasteiger partial charge in [-0.1, -0.05) is 60.7 Å². The van der Waals surface area contributed by atoms with Crippen molar-refractivity contribution in [3.63, 3.8) is 0 Å². The molecule has 0 saturated heterocycles. The predicted octanol–water partition coefficient (Wildman–Crippen LogP) is 4.81. The summed E-state index contributed by atoms with van der Waals surface area (Å²) in [7, 11) is -3.68. The second-order valence-corrected chi connectivity index (χ2v) is 8.06. The molecular weight excluding hydrogens is 376 g/mol. The molecule has 0 aliphatic rings. The second-order valence-electron chi connectivity index (χ2n) is 5.94. The maximum absolute atomic E-state index is 13.3. The van der Waals surface area contributed by atoms with Crippen LogP contribution in [0.4, 0.5) is 5.69 Å². The third kappa shape index (κ3) is 4.96. The van der Waals surface area contributed by atoms with E-state index in [2.05, 4.69) is 22.4 Å². The summed E-state index contributed by atoms with van der Waals surface area (Å²) in [6.07, 6.45) is 0. The van der Waals surface area contributed by atoms with Crippen molar-refractivity contribution >= 4 is 33.1 Å². The van der Waals surface area contributed by atoms with Gasteiger partial charge < -0.3 is 0 Å². The van der Waals surface area contributed by atoms with E-state index >= 15 is 0 Å². The number of aliphatic imine (C=N–C) groups is 1. The van der Waals surface area contributed by atoms with Crippen molar-refractivity contribution in [3.05, 3.63) is 96.1 Å². The van der Waals surface area contributed by atoms with Crippen molar-refractivity contribution in [2.75, 3.05) is 0 Å². The fraction of sp³-hybridized carbons (Fsp3) is 0.0952. The SMILES string of the molecule is O=S(=O)(c1ccc(N=C=S)cc1)N(Cc1ccccc1)Cc1ccccc1. The summed E-state index contributed by atoms with van der Waals surface area (Å²) in [6.45, 7) is 0.579. The predicted molar refractivity (Wildman–Crippen MR) is 110 cm³/mol. The van der Waals surface area contributed by atoms with Crippen LogP contribution < -0.4 is 0 Å². The Morgan fingerprint density at radius 1 is 0.778 bits per heavy atom. The van der Waals surface area contributed by atoms with Gasteiger partial charge in [-0.2, -0.15) is 9.30 Å². The van der Waals surface area contributed by atoms with E-state index in [0.29, 0.717) is 5.69 Å². The van der Waals surface area contributed by atoms with Gasteiger partial charge in [0.15, 0.2) is 0 Å². The van der Waals surface area contributed by atoms with Gasteiger partial charge in [0, 0.05) is 13.1 Å². The van der Waals surface area contributed by atoms with E-state index in [1.165, 1.54) is 4.31 Å². The Hall–Kier alpha value is -2.63. The van der Waals surface area contributed by atoms with E-state index in [9.17, 15) is 8.42 Å². The van der Waals surface area contributed by atoms with Crippen molar-refractivity contribution in [2.45, 2.75) is 18.0 Å². The lowest BCUT2D eigenvalue weighted by molar-refractivity contribution is 0.401. The number of nitrogens with zero attached hydrogens (tertiary/aromatic N) is 2. The van der Waals surface area contributed by atoms with Gasteiger partial charge in [0.05, 0.1) is 15.7 Å². The summed E-state index contributed by atoms with van der Waals surface area (Å²) in [6, 6.07) is 25.5. The Balaban J connectivity index is 1.95. The first-order valence-electron chi connectivity index (χ1n) is 8.35. The summed E-state index contributed by atoms with van der Waals surface area (Å²) in [5, 5.41) is 2.28. The monoisotopic (exact) mass is 394 g/mol. The van der Waals surface area contributed by atoms with Crippen LogP contribution in [-0.2, 0) is 23.1 Å². The van der Waals surface area contributed by atoms with Gasteiger partial charge in [0.2, 0.25) is 10.0 Å². The summed E-state index contributed by atoms with van der Waals surface area (Å²) in [4.78, 5) is 4.09. The van der Waals surface area contributed by atoms with Crippen LogP contribution in [0, 0.1) is 0 Å². The topological polar surface area (TPSA) is 49.7 Å². The molecule has 0 spiro atoms. The highest BCUT2D eigenvalue weighted by Gasteiger charge is 2.25. The average molecular weight is 395 g/mol. The lowest BCUT2D eigenvalue weighted by Crippen LogP contribution is -2.30. The molecule has 0 atom stereocenters. The van der Waals surface area contributed by atoms with E-state index in [0.717, 1.165) is 11.1 Å². The fourth-order valence-corrected chi connectivity index (χ4v) is 4.22. The van der Waals surface area contributed by atoms with Crippen LogP contribution in [0.1, 0.15) is 11.1 Å². The standard InChI is InChI=1S/C21H18N2O2S2/c24-27(25,21-13-11-20(12-14-21)22-17-26)23(15-18-7-3-1-4-8-18)16-19-9-5-2-6-10-19/h1-14H,15-16H2. The van der Waals surface area contributed by atoms with E-state index < -0.39 is 10.0 Å². The lowest BCUT2D eigenvalue weighted by Gasteiger charge is -2.22. The van der Waals surface area contributed by atoms with Crippen LogP contribution in [0.3, 0.4) is 0 Å². The maximum atomic E-state index is 13.3. The van der Waals surface area contributed by atoms with Gasteiger partial charge in [-0.05, 0) is 47.6 Å². The molecule has 0 radical (unpaired) electrons. The zero-order valence-electron chi connectivity index (χ0n) is 14.5. The molecule has 0 aliphatic carbocycles. The van der Waals surface area contributed by atoms with Crippen LogP contribution >= 0.6 is 12.2 Å². The molecule has 0 heterocycles. The molecule has 0 aliphatic heterocycles. The zero-order chi connectivity index (χ0) is 19.1. The third-order valence-corrected chi connectivity index (χ3v) is 5.95. The number of rotatable bonds is 7. The Labute approximate surface area is 164 Å². The van der Waals surface area contributed by atoms with Crippen LogP contribution in [0.5, 0.6) is 0 Å². The molecule has 3 aromatic rings. The Kier molecular flexibility index (Phi) is 6.27. The highest BCUT2D eigenvalue weighted by atomic mass is 32.2. The van der Waals surface area contributed by atoms with E-state index in [1.54, 1.807) is 24.3 Å². The minimum Gasteiger partial charge on any atom is -0.207 e. The number of benzene rings is 3. The molecular formula is C21H18N2O2S2. The minimum absolute atomic E-state index is 0.220. The molecule has 27 heavy (non-hydrogen) atoms. The van der Waals surface area contributed by atoms with Crippen LogP contribution in [0.2, 0.25) is 0 Å². The first-order chi connectivity index (χ1) is 13.1. The highest BCUT2D eigenvalue weighted by Crippen LogP contribution is 2.23. The largest absolute Gasteiger partial charge is 0.243 e. The van der Waals surface area contributed by atoms with Crippen molar-refractivity contribution in [3.8, 4) is 0 Å². The number of sulfonamides is 1. The van der Waals surface area contributed by atoms with Gasteiger partial charge in [0.1, 0.15) is 0 Å². The highest BCUT2D eigenvalue weighted by molar-refractivity contribution is 7.89. The number of hydrogen-bond donors (Lipinski definition) is 0. The summed E-state index contributed by atoms with van der Waals surface area (Å²) in [5.41, 5.74) is 2.43. The summed E-state index contributed by atoms with van der Waals surface area (Å²) < 4.78 is 28.0. The third-order valence-electron chi connectivity index (χ3n) is 4.05. The Morgan fingerprint density at radius 2 is 1.26 bits per heavy atom. The molecule has 0 fully saturated rings. The molecule has 6 heteroatoms. The Bertz CT molecular complexity index is 987. The average Bonchev–Trinajstić information content (AvgIpc) is 2.70. The molecule has 0 saturated carbocycles. The molecule has 0 amide bonds. The number of isothiocyanates is 1. The fourth-order valence-electron chi connectivity index (χ4n) is 2.69. The van der Waals surface area contributed by atoms with Crippen molar-refractivity contribution in [1.29, 1.82) is 0 Å². The molecule has 0 aromatic heterocycles. The van der Waals surface area contributed by atoms with E-state index in [1.807, 2.05) is 60.7 Å². The second kappa shape index (κ2) is 8.84. The first kappa shape index (κ1) is 19.1. The Morgan fingerprint density at radius 3 is 1.70 bits per heavy atom. The van der Waals surface area contributed by atoms with Gasteiger partial charge >= 0.3 is 0 Å². The molecule has 0 unspecified atom stereocenters. The molecule has 0 N–H and O–H groups in total. The van der Waals surface area contributed by atoms with Gasteiger partial charge in [-0.3, -0.25) is 0 Å². The van der Waals surface area contributed by atoms with Crippen LogP contribution in [-0.4, -0.2) is 17.9 Å². The minimum atomic E-state index is -3.68. The van der Waals surface area contributed by atoms with Crippen LogP contribution in [0.15, 0.2) is 94.8 Å². The molecule has 0 bridgehead atoms. The summed E-state index contributed by atoms with van der Waals surface area (Å²) >= 11 is 4.58. The van der Waals surface area contributed by atoms with Gasteiger partial charge in [0.25, 0.3) is 0 Å². The molecule has 3 rings (SSSR count). The van der Waals surface area contributed by atoms with Crippen molar-refractivity contribution in [1.82, 2.24) is 4.31 Å². The van der Waals surface area contributed by atoms with Gasteiger partial charge in [-0.25, -0.2) is 8.42 Å². The number of hydrogen-bond acceptors (Lipinski definition) is 4. The normalized spacial score (nSPS) is 11.1. The van der Waals surface area contributed by atoms with Crippen molar-refractivity contribution in [2.24, 2.45) is 4.99 Å². The molecule has 136 valence electrons. The zero-order valence-corrected chi connectivity index (χ0v) is 16.2. The molecule has 4 nitrogen and oxygen atoms in total. The quantitative estimate of drug-likeness (QED) is 0.427. The van der Waals surface area contributed by atoms with Gasteiger partial charge in [-0.15, -0.1) is 0 Å². The lowest BCUT2D eigenvalue weighted by atomic mass is 10.2. The molecule has 3 aromatic carbocycles.